The predicted molar refractivity (Wildman–Crippen MR) is 164 cm³/mol. The molecule has 0 bridgehead atoms. The van der Waals surface area contributed by atoms with E-state index in [0.29, 0.717) is 38.0 Å². The fourth-order valence-electron chi connectivity index (χ4n) is 6.47. The Morgan fingerprint density at radius 2 is 1.82 bits per heavy atom. The summed E-state index contributed by atoms with van der Waals surface area (Å²) in [5.41, 5.74) is 6.77. The first-order valence-electron chi connectivity index (χ1n) is 15.6. The normalized spacial score (nSPS) is 29.6. The molecule has 3 heterocycles. The number of ether oxygens (including phenoxy) is 2. The third-order valence-corrected chi connectivity index (χ3v) is 8.87. The zero-order valence-electron chi connectivity index (χ0n) is 26.0. The molecule has 238 valence electrons. The molecule has 11 heteroatoms. The Balaban J connectivity index is 1.37. The minimum absolute atomic E-state index is 0.0700. The van der Waals surface area contributed by atoms with Gasteiger partial charge in [-0.2, -0.15) is 0 Å². The number of primary amides is 1. The van der Waals surface area contributed by atoms with Gasteiger partial charge in [-0.25, -0.2) is 9.59 Å². The van der Waals surface area contributed by atoms with Crippen molar-refractivity contribution in [2.45, 2.75) is 108 Å². The van der Waals surface area contributed by atoms with Gasteiger partial charge in [0.2, 0.25) is 11.8 Å². The fourth-order valence-corrected chi connectivity index (χ4v) is 6.47. The maximum atomic E-state index is 14.2. The molecule has 4 N–H and O–H groups in total. The number of rotatable bonds is 3. The number of carbonyl (C=O) groups excluding carboxylic acids is 4. The van der Waals surface area contributed by atoms with Crippen molar-refractivity contribution in [2.24, 2.45) is 11.7 Å². The first-order valence-corrected chi connectivity index (χ1v) is 15.6. The first-order chi connectivity index (χ1) is 20.9. The lowest BCUT2D eigenvalue weighted by atomic mass is 10.0. The number of benzene rings is 1. The summed E-state index contributed by atoms with van der Waals surface area (Å²) in [6, 6.07) is 6.45. The average Bonchev–Trinajstić information content (AvgIpc) is 3.27. The number of nitrogens with one attached hydrogen (secondary N) is 2. The van der Waals surface area contributed by atoms with E-state index in [0.717, 1.165) is 36.8 Å². The summed E-state index contributed by atoms with van der Waals surface area (Å²) in [4.78, 5) is 56.1. The Bertz CT molecular complexity index is 1310. The smallest absolute Gasteiger partial charge is 0.410 e. The second-order valence-electron chi connectivity index (χ2n) is 13.4. The molecule has 2 fully saturated rings. The van der Waals surface area contributed by atoms with Gasteiger partial charge in [-0.3, -0.25) is 14.5 Å². The van der Waals surface area contributed by atoms with E-state index in [-0.39, 0.29) is 18.4 Å². The van der Waals surface area contributed by atoms with Crippen molar-refractivity contribution in [3.8, 4) is 0 Å². The third kappa shape index (κ3) is 7.03. The third-order valence-electron chi connectivity index (χ3n) is 8.87. The number of nitrogens with zero attached hydrogens (tertiary/aromatic N) is 2. The van der Waals surface area contributed by atoms with Crippen LogP contribution in [0.15, 0.2) is 48.7 Å². The Kier molecular flexibility index (Phi) is 8.95. The quantitative estimate of drug-likeness (QED) is 0.443. The molecule has 5 atom stereocenters. The molecule has 1 aromatic rings. The van der Waals surface area contributed by atoms with Crippen LogP contribution in [0.25, 0.3) is 0 Å². The molecule has 1 saturated heterocycles. The topological polar surface area (TPSA) is 143 Å². The van der Waals surface area contributed by atoms with Crippen LogP contribution >= 0.6 is 0 Å². The summed E-state index contributed by atoms with van der Waals surface area (Å²) in [7, 11) is 0. The highest BCUT2D eigenvalue weighted by atomic mass is 16.6. The molecule has 44 heavy (non-hydrogen) atoms. The molecule has 11 nitrogen and oxygen atoms in total. The standard InChI is InChI=1S/C33H45N5O6/c1-21-27-16-25(43-31(42)37-18-22-12-10-11-13-23(22)19-37)20-38(27)28(39)26(35-30(41)44-32(2,3)4)15-9-7-5-6-8-14-24-17-33(24,36-21)29(34)40/h8,10-14,24-27,36H,1,5-7,9,15-20H2,2-4H3,(H2,34,40)(H,35,41)/b14-8-/t24-,25-,26+,27+,33-/m1/s1. The van der Waals surface area contributed by atoms with Crippen LogP contribution in [-0.4, -0.2) is 69.7 Å². The molecule has 4 amide bonds. The van der Waals surface area contributed by atoms with Gasteiger partial charge in [0.1, 0.15) is 23.3 Å². The van der Waals surface area contributed by atoms with Gasteiger partial charge in [0, 0.05) is 31.1 Å². The number of hydrogen-bond acceptors (Lipinski definition) is 7. The van der Waals surface area contributed by atoms with Crippen LogP contribution in [0.3, 0.4) is 0 Å². The van der Waals surface area contributed by atoms with E-state index in [9.17, 15) is 19.2 Å². The van der Waals surface area contributed by atoms with Crippen molar-refractivity contribution in [1.82, 2.24) is 20.4 Å². The summed E-state index contributed by atoms with van der Waals surface area (Å²) in [5.74, 6) is -0.863. The molecule has 1 aromatic carbocycles. The van der Waals surface area contributed by atoms with Gasteiger partial charge in [-0.1, -0.05) is 55.8 Å². The zero-order chi connectivity index (χ0) is 31.6. The van der Waals surface area contributed by atoms with Gasteiger partial charge in [0.05, 0.1) is 12.6 Å². The van der Waals surface area contributed by atoms with Gasteiger partial charge in [0.25, 0.3) is 0 Å². The molecule has 0 unspecified atom stereocenters. The highest BCUT2D eigenvalue weighted by Crippen LogP contribution is 2.46. The molecule has 1 saturated carbocycles. The van der Waals surface area contributed by atoms with Crippen LogP contribution < -0.4 is 16.4 Å². The van der Waals surface area contributed by atoms with E-state index in [1.54, 1.807) is 30.6 Å². The Morgan fingerprint density at radius 3 is 2.48 bits per heavy atom. The van der Waals surface area contributed by atoms with Crippen molar-refractivity contribution in [3.63, 3.8) is 0 Å². The Morgan fingerprint density at radius 1 is 1.11 bits per heavy atom. The van der Waals surface area contributed by atoms with Crippen LogP contribution in [0.5, 0.6) is 0 Å². The van der Waals surface area contributed by atoms with E-state index in [1.165, 1.54) is 0 Å². The minimum Gasteiger partial charge on any atom is -0.444 e. The van der Waals surface area contributed by atoms with Gasteiger partial charge >= 0.3 is 12.2 Å². The highest BCUT2D eigenvalue weighted by molar-refractivity contribution is 5.90. The average molecular weight is 608 g/mol. The maximum Gasteiger partial charge on any atom is 0.410 e. The Hall–Kier alpha value is -4.02. The number of alkyl carbamates (subject to hydrolysis) is 1. The number of allylic oxidation sites excluding steroid dienone is 1. The lowest BCUT2D eigenvalue weighted by Gasteiger charge is -2.32. The van der Waals surface area contributed by atoms with Crippen LogP contribution in [-0.2, 0) is 32.2 Å². The largest absolute Gasteiger partial charge is 0.444 e. The van der Waals surface area contributed by atoms with Gasteiger partial charge in [-0.15, -0.1) is 0 Å². The van der Waals surface area contributed by atoms with E-state index < -0.39 is 47.4 Å². The van der Waals surface area contributed by atoms with Crippen molar-refractivity contribution in [2.75, 3.05) is 6.54 Å². The summed E-state index contributed by atoms with van der Waals surface area (Å²) < 4.78 is 11.4. The van der Waals surface area contributed by atoms with Crippen LogP contribution in [0.1, 0.15) is 76.8 Å². The number of carbonyl (C=O) groups is 4. The van der Waals surface area contributed by atoms with E-state index in [2.05, 4.69) is 23.3 Å². The van der Waals surface area contributed by atoms with Crippen LogP contribution in [0.2, 0.25) is 0 Å². The lowest BCUT2D eigenvalue weighted by molar-refractivity contribution is -0.134. The molecule has 1 aliphatic carbocycles. The molecule has 0 radical (unpaired) electrons. The van der Waals surface area contributed by atoms with E-state index >= 15 is 0 Å². The SMILES string of the molecule is C=C1N[C@]2(C(N)=O)C[C@H]2/C=C\CCCCC[C@H](NC(=O)OC(C)(C)C)C(=O)N2C[C@H](OC(=O)N3Cc4ccccc4C3)C[C@@H]12. The van der Waals surface area contributed by atoms with Crippen molar-refractivity contribution in [1.29, 1.82) is 0 Å². The summed E-state index contributed by atoms with van der Waals surface area (Å²) in [6.07, 6.45) is 6.96. The second kappa shape index (κ2) is 12.5. The Labute approximate surface area is 259 Å². The van der Waals surface area contributed by atoms with Gasteiger partial charge in [0.15, 0.2) is 0 Å². The van der Waals surface area contributed by atoms with E-state index in [4.69, 9.17) is 15.2 Å². The van der Waals surface area contributed by atoms with Crippen molar-refractivity contribution < 1.29 is 28.7 Å². The summed E-state index contributed by atoms with van der Waals surface area (Å²) >= 11 is 0. The number of nitrogens with two attached hydrogens (primary N) is 1. The summed E-state index contributed by atoms with van der Waals surface area (Å²) in [6.45, 7) is 10.6. The molecular formula is C33H45N5O6. The lowest BCUT2D eigenvalue weighted by Crippen LogP contribution is -2.54. The second-order valence-corrected chi connectivity index (χ2v) is 13.4. The van der Waals surface area contributed by atoms with Crippen molar-refractivity contribution in [3.05, 3.63) is 59.8 Å². The minimum atomic E-state index is -0.979. The molecule has 4 aliphatic rings. The van der Waals surface area contributed by atoms with Crippen molar-refractivity contribution >= 4 is 24.0 Å². The van der Waals surface area contributed by atoms with Gasteiger partial charge in [-0.05, 0) is 57.6 Å². The summed E-state index contributed by atoms with van der Waals surface area (Å²) in [5, 5.41) is 6.07. The molecule has 5 rings (SSSR count). The molecule has 0 spiro atoms. The predicted octanol–water partition coefficient (Wildman–Crippen LogP) is 3.87. The number of hydrogen-bond donors (Lipinski definition) is 3. The van der Waals surface area contributed by atoms with Crippen LogP contribution in [0.4, 0.5) is 9.59 Å². The maximum absolute atomic E-state index is 14.2. The molecule has 0 aromatic heterocycles. The van der Waals surface area contributed by atoms with Crippen LogP contribution in [0, 0.1) is 5.92 Å². The number of fused-ring (bicyclic) bond motifs is 3. The molecular weight excluding hydrogens is 562 g/mol. The fraction of sp³-hybridized carbons (Fsp3) is 0.576. The first kappa shape index (κ1) is 31.4. The monoisotopic (exact) mass is 607 g/mol. The molecule has 3 aliphatic heterocycles. The highest BCUT2D eigenvalue weighted by Gasteiger charge is 2.59. The number of amides is 4. The van der Waals surface area contributed by atoms with E-state index in [1.807, 2.05) is 30.3 Å². The van der Waals surface area contributed by atoms with Gasteiger partial charge < -0.3 is 30.7 Å². The zero-order valence-corrected chi connectivity index (χ0v) is 26.0.